The van der Waals surface area contributed by atoms with E-state index in [0.717, 1.165) is 0 Å². The van der Waals surface area contributed by atoms with Gasteiger partial charge in [0.2, 0.25) is 0 Å². The molecule has 1 aromatic rings. The quantitative estimate of drug-likeness (QED) is 0.140. The van der Waals surface area contributed by atoms with Crippen molar-refractivity contribution in [2.45, 2.75) is 36.4 Å². The van der Waals surface area contributed by atoms with Gasteiger partial charge in [-0.05, 0) is 35.7 Å². The molecule has 1 rings (SSSR count). The van der Waals surface area contributed by atoms with E-state index >= 15 is 0 Å². The molecule has 0 heterocycles. The normalized spacial score (nSPS) is 14.0. The summed E-state index contributed by atoms with van der Waals surface area (Å²) in [6.45, 7) is 0. The number of hydrogen-bond acceptors (Lipinski definition) is 12. The lowest BCUT2D eigenvalue weighted by atomic mass is 9.54. The molecule has 0 amide bonds. The molecule has 3 atom stereocenters. The first kappa shape index (κ1) is 27.2. The topological polar surface area (TPSA) is 243 Å². The fraction of sp³-hybridized carbons (Fsp3) is 0.500. The van der Waals surface area contributed by atoms with E-state index in [1.54, 1.807) is 0 Å². The van der Waals surface area contributed by atoms with Gasteiger partial charge in [0.15, 0.2) is 0 Å². The molecule has 0 bridgehead atoms. The van der Waals surface area contributed by atoms with Crippen LogP contribution in [0.15, 0.2) is 18.2 Å². The van der Waals surface area contributed by atoms with Crippen LogP contribution in [0.25, 0.3) is 0 Å². The Balaban J connectivity index is 3.63. The zero-order valence-electron chi connectivity index (χ0n) is 15.9. The van der Waals surface area contributed by atoms with E-state index in [0.29, 0.717) is 0 Å². The van der Waals surface area contributed by atoms with Crippen molar-refractivity contribution in [3.8, 4) is 0 Å². The van der Waals surface area contributed by atoms with Crippen LogP contribution in [0, 0.1) is 0 Å². The molecule has 3 unspecified atom stereocenters. The van der Waals surface area contributed by atoms with E-state index in [4.69, 9.17) is 0 Å². The Morgan fingerprint density at radius 1 is 0.433 bits per heavy atom. The average Bonchev–Trinajstić information content (AvgIpc) is 2.60. The lowest BCUT2D eigenvalue weighted by Crippen LogP contribution is -2.32. The van der Waals surface area contributed by atoms with Crippen LogP contribution in [0.5, 0.6) is 0 Å². The van der Waals surface area contributed by atoms with Gasteiger partial charge in [0.1, 0.15) is 0 Å². The molecule has 18 heteroatoms. The SMILES string of the molecule is OB(O)CC(B(O)O)c1cc(C(CB(O)O)B(O)O)cc(C(CB(O)O)B(O)O)c1. The Morgan fingerprint density at radius 2 is 0.633 bits per heavy atom. The summed E-state index contributed by atoms with van der Waals surface area (Å²) in [4.78, 5) is 0. The third-order valence-electron chi connectivity index (χ3n) is 4.76. The summed E-state index contributed by atoms with van der Waals surface area (Å²) in [6.07, 6.45) is -1.65. The molecule has 0 aromatic heterocycles. The standard InChI is InChI=1S/C12H24B6O12/c19-13(20)4-10(16(25)26)7-1-8(11(17(27)28)5-14(21)22)3-9(2-7)12(18(29)30)6-15(23)24/h1-3,10-12,19-30H,4-6H2. The molecule has 1 aromatic carbocycles. The lowest BCUT2D eigenvalue weighted by molar-refractivity contribution is 0.369. The molecule has 0 aliphatic rings. The summed E-state index contributed by atoms with van der Waals surface area (Å²) in [5.74, 6) is -3.93. The second-order valence-corrected chi connectivity index (χ2v) is 7.14. The number of hydrogen-bond donors (Lipinski definition) is 12. The van der Waals surface area contributed by atoms with E-state index in [2.05, 4.69) is 0 Å². The highest BCUT2D eigenvalue weighted by atomic mass is 16.4. The largest absolute Gasteiger partial charge is 0.458 e. The monoisotopic (exact) mass is 426 g/mol. The Morgan fingerprint density at radius 3 is 0.767 bits per heavy atom. The van der Waals surface area contributed by atoms with Crippen LogP contribution in [0.3, 0.4) is 0 Å². The molecule has 0 radical (unpaired) electrons. The van der Waals surface area contributed by atoms with Gasteiger partial charge in [-0.15, -0.1) is 0 Å². The minimum Gasteiger partial charge on any atom is -0.427 e. The van der Waals surface area contributed by atoms with E-state index in [-0.39, 0.29) is 16.7 Å². The molecule has 12 N–H and O–H groups in total. The minimum absolute atomic E-state index is 0.0155. The van der Waals surface area contributed by atoms with Gasteiger partial charge in [-0.1, -0.05) is 18.2 Å². The molecule has 0 aliphatic heterocycles. The predicted molar refractivity (Wildman–Crippen MR) is 110 cm³/mol. The first-order valence-electron chi connectivity index (χ1n) is 9.15. The van der Waals surface area contributed by atoms with Gasteiger partial charge in [0.05, 0.1) is 0 Å². The summed E-state index contributed by atoms with van der Waals surface area (Å²) in [5.41, 5.74) is 0.0466. The summed E-state index contributed by atoms with van der Waals surface area (Å²) in [7, 11) is -12.1. The van der Waals surface area contributed by atoms with Crippen LogP contribution in [0.1, 0.15) is 34.1 Å². The van der Waals surface area contributed by atoms with Crippen molar-refractivity contribution < 1.29 is 60.3 Å². The van der Waals surface area contributed by atoms with Crippen molar-refractivity contribution in [1.29, 1.82) is 0 Å². The zero-order valence-corrected chi connectivity index (χ0v) is 15.9. The smallest absolute Gasteiger partial charge is 0.427 e. The second kappa shape index (κ2) is 12.2. The number of rotatable bonds is 12. The average molecular weight is 425 g/mol. The van der Waals surface area contributed by atoms with Crippen molar-refractivity contribution in [3.63, 3.8) is 0 Å². The molecule has 162 valence electrons. The van der Waals surface area contributed by atoms with E-state index < -0.39 is 79.1 Å². The van der Waals surface area contributed by atoms with E-state index in [1.165, 1.54) is 18.2 Å². The molecule has 0 aliphatic carbocycles. The molecule has 0 spiro atoms. The molecule has 0 saturated carbocycles. The highest BCUT2D eigenvalue weighted by Gasteiger charge is 2.36. The first-order chi connectivity index (χ1) is 13.8. The fourth-order valence-corrected chi connectivity index (χ4v) is 3.32. The maximum Gasteiger partial charge on any atom is 0.458 e. The van der Waals surface area contributed by atoms with Crippen LogP contribution in [-0.2, 0) is 0 Å². The fourth-order valence-electron chi connectivity index (χ4n) is 3.32. The van der Waals surface area contributed by atoms with Gasteiger partial charge >= 0.3 is 42.7 Å². The molecule has 0 fully saturated rings. The lowest BCUT2D eigenvalue weighted by Gasteiger charge is -2.24. The zero-order chi connectivity index (χ0) is 23.2. The van der Waals surface area contributed by atoms with Crippen molar-refractivity contribution in [2.75, 3.05) is 0 Å². The highest BCUT2D eigenvalue weighted by molar-refractivity contribution is 6.51. The second-order valence-electron chi connectivity index (χ2n) is 7.14. The summed E-state index contributed by atoms with van der Waals surface area (Å²) >= 11 is 0. The van der Waals surface area contributed by atoms with Crippen LogP contribution in [0.2, 0.25) is 19.0 Å². The predicted octanol–water partition coefficient (Wildman–Crippen LogP) is -5.61. The Bertz CT molecular complexity index is 550. The maximum absolute atomic E-state index is 9.66. The van der Waals surface area contributed by atoms with Crippen molar-refractivity contribution >= 4 is 42.7 Å². The summed E-state index contributed by atoms with van der Waals surface area (Å²) in [6, 6.07) is 3.70. The van der Waals surface area contributed by atoms with Crippen molar-refractivity contribution in [2.24, 2.45) is 0 Å². The van der Waals surface area contributed by atoms with E-state index in [9.17, 15) is 60.3 Å². The van der Waals surface area contributed by atoms with Gasteiger partial charge in [0.25, 0.3) is 0 Å². The minimum atomic E-state index is -2.09. The van der Waals surface area contributed by atoms with Gasteiger partial charge in [-0.25, -0.2) is 0 Å². The third-order valence-corrected chi connectivity index (χ3v) is 4.76. The molecule has 0 saturated heterocycles. The maximum atomic E-state index is 9.66. The first-order valence-corrected chi connectivity index (χ1v) is 9.15. The third kappa shape index (κ3) is 8.34. The molecular weight excluding hydrogens is 401 g/mol. The Labute approximate surface area is 175 Å². The van der Waals surface area contributed by atoms with Gasteiger partial charge in [-0.3, -0.25) is 0 Å². The van der Waals surface area contributed by atoms with Crippen LogP contribution < -0.4 is 0 Å². The number of benzene rings is 1. The van der Waals surface area contributed by atoms with Gasteiger partial charge in [-0.2, -0.15) is 0 Å². The van der Waals surface area contributed by atoms with Crippen LogP contribution in [-0.4, -0.2) is 103 Å². The van der Waals surface area contributed by atoms with Crippen LogP contribution >= 0.6 is 0 Å². The van der Waals surface area contributed by atoms with Gasteiger partial charge < -0.3 is 60.3 Å². The Hall–Kier alpha value is -0.870. The summed E-state index contributed by atoms with van der Waals surface area (Å²) in [5, 5.41) is 113. The molecule has 30 heavy (non-hydrogen) atoms. The van der Waals surface area contributed by atoms with Crippen LogP contribution in [0.4, 0.5) is 0 Å². The molecule has 12 nitrogen and oxygen atoms in total. The van der Waals surface area contributed by atoms with E-state index in [1.807, 2.05) is 0 Å². The van der Waals surface area contributed by atoms with Gasteiger partial charge in [0, 0.05) is 17.5 Å². The van der Waals surface area contributed by atoms with Crippen molar-refractivity contribution in [3.05, 3.63) is 34.9 Å². The van der Waals surface area contributed by atoms with Crippen molar-refractivity contribution in [1.82, 2.24) is 0 Å². The summed E-state index contributed by atoms with van der Waals surface area (Å²) < 4.78 is 0. The highest BCUT2D eigenvalue weighted by Crippen LogP contribution is 2.34. The molecular formula is C12H24B6O12. The Kier molecular flexibility index (Phi) is 11.1.